The number of oxazole rings is 4. The van der Waals surface area contributed by atoms with Gasteiger partial charge >= 0.3 is 35.0 Å². The van der Waals surface area contributed by atoms with Gasteiger partial charge in [0.1, 0.15) is 28.9 Å². The van der Waals surface area contributed by atoms with Crippen molar-refractivity contribution in [1.29, 1.82) is 5.26 Å². The molecular weight excluding hydrogens is 1600 g/mol. The van der Waals surface area contributed by atoms with Crippen LogP contribution in [0, 0.1) is 15.3 Å². The van der Waals surface area contributed by atoms with Crippen molar-refractivity contribution < 1.29 is 69.5 Å². The highest BCUT2D eigenvalue weighted by molar-refractivity contribution is 7.92. The molecule has 0 spiro atoms. The second-order valence-electron chi connectivity index (χ2n) is 29.3. The fourth-order valence-electron chi connectivity index (χ4n) is 13.2. The van der Waals surface area contributed by atoms with E-state index < -0.39 is 44.6 Å². The van der Waals surface area contributed by atoms with Crippen LogP contribution in [0.15, 0.2) is 255 Å². The van der Waals surface area contributed by atoms with Crippen molar-refractivity contribution in [2.45, 2.75) is 118 Å². The van der Waals surface area contributed by atoms with E-state index in [4.69, 9.17) is 45.0 Å². The predicted molar refractivity (Wildman–Crippen MR) is 462 cm³/mol. The highest BCUT2D eigenvalue weighted by Crippen LogP contribution is 2.36. The first-order valence-corrected chi connectivity index (χ1v) is 40.7. The zero-order valence-electron chi connectivity index (χ0n) is 67.1. The van der Waals surface area contributed by atoms with E-state index in [9.17, 15) is 61.2 Å². The molecule has 29 heteroatoms. The maximum atomic E-state index is 12.4. The molecule has 0 amide bonds. The molecule has 10 aromatic carbocycles. The Balaban J connectivity index is 0.000000143. The molecule has 0 saturated heterocycles. The third-order valence-corrected chi connectivity index (χ3v) is 22.3. The van der Waals surface area contributed by atoms with Crippen LogP contribution in [0.25, 0.3) is 54.6 Å². The van der Waals surface area contributed by atoms with Gasteiger partial charge in [0.05, 0.1) is 101 Å². The molecule has 0 aliphatic carbocycles. The van der Waals surface area contributed by atoms with Gasteiger partial charge in [-0.25, -0.2) is 32.4 Å². The maximum Gasteiger partial charge on any atom is 0.420 e. The molecule has 618 valence electrons. The number of ketones is 5. The fourth-order valence-corrected chi connectivity index (χ4v) is 15.9. The Bertz CT molecular complexity index is 6910. The molecule has 6 heterocycles. The van der Waals surface area contributed by atoms with Crippen LogP contribution < -0.4 is 27.3 Å². The summed E-state index contributed by atoms with van der Waals surface area (Å²) in [4.78, 5) is 132. The molecule has 3 N–H and O–H groups in total. The smallest absolute Gasteiger partial charge is 0.420 e. The third kappa shape index (κ3) is 23.0. The number of hydrogen-bond donors (Lipinski definition) is 3. The number of aromatic amines is 2. The first kappa shape index (κ1) is 87.7. The Hall–Kier alpha value is -14.1. The van der Waals surface area contributed by atoms with E-state index in [2.05, 4.69) is 16.0 Å². The molecule has 5 aromatic heterocycles. The Morgan fingerprint density at radius 3 is 1.40 bits per heavy atom. The van der Waals surface area contributed by atoms with E-state index >= 15 is 0 Å². The molecular formula is C92H83N7O19S3. The van der Waals surface area contributed by atoms with Crippen molar-refractivity contribution in [2.75, 3.05) is 11.4 Å². The van der Waals surface area contributed by atoms with E-state index in [1.54, 1.807) is 103 Å². The van der Waals surface area contributed by atoms with Gasteiger partial charge in [-0.05, 0) is 213 Å². The maximum absolute atomic E-state index is 12.4. The minimum Gasteiger partial charge on any atom is -0.481 e. The lowest BCUT2D eigenvalue weighted by atomic mass is 9.81. The van der Waals surface area contributed by atoms with Crippen molar-refractivity contribution in [3.8, 4) is 6.07 Å². The number of carbonyl (C=O) groups is 7. The number of rotatable bonds is 21. The number of ether oxygens (including phenoxy) is 1. The number of nitrogens with one attached hydrogen (secondary N) is 2. The number of anilines is 1. The number of carboxylic acid groups (broad SMARTS) is 1. The SMILES string of the molecule is CC(=O)C(C)(C)c1ccc2oc(=O)[nH]c2c1.CC(=O)Cc1ccc2c(c1)N(Cc1ccccc1)S(=O)(=O)C2.CC(=O)Cc1ccc2oc(=O)n(Cc3ccc(C#N)cc3)c2c1.CC(=O)Cc1ccc2oc(=O)n(Cc3ccccc3)c2c1.COC(=O)c1cccc(Cn2c(=O)oc3ccc(CC(C)=O)cc32)c1.O=C(O)Cc1ccc2sc(=S)[nH]c2c1. The standard InChI is InChI=1S/C19H17NO5.C18H14N2O3.C17H17NO3S.C17H15NO3.C12H13NO3.C9H7NO2S2/c1-12(21)8-13-6-7-17-16(10-13)20(19(23)25-17)11-14-4-3-5-15(9-14)18(22)24-2;1-12(21)8-15-6-7-17-16(9-15)20(18(22)23-17)11-14-4-2-13(10-19)3-5-14;1-13(19)9-15-7-8-16-12-22(20,21)18(17(16)10-15)11-14-5-3-2-4-6-14;1-12(19)9-14-7-8-16-15(10-14)18(17(20)21-16)11-13-5-3-2-4-6-13;1-7(14)12(2,3)8-4-5-10-9(6-8)13-11(15)16-10;11-8(12)4-5-1-2-7-6(3-5)10-9(13)14-7/h3-7,9-10H,8,11H2,1-2H3;2-7,9H,8,11H2,1H3;2-8,10H,9,11-12H2,1H3;2-8,10H,9,11H2,1H3;4-6H,1-3H3,(H,13,15);1-3H,4H2,(H,10,13)(H,11,12). The Morgan fingerprint density at radius 1 is 0.488 bits per heavy atom. The number of aliphatic carboxylic acids is 1. The minimum absolute atomic E-state index is 0.0233. The van der Waals surface area contributed by atoms with Crippen molar-refractivity contribution >= 4 is 135 Å². The van der Waals surface area contributed by atoms with Gasteiger partial charge in [0.25, 0.3) is 0 Å². The number of carbonyl (C=O) groups excluding carboxylic acids is 6. The largest absolute Gasteiger partial charge is 0.481 e. The summed E-state index contributed by atoms with van der Waals surface area (Å²) >= 11 is 6.48. The van der Waals surface area contributed by atoms with Crippen LogP contribution in [-0.2, 0) is 113 Å². The van der Waals surface area contributed by atoms with Gasteiger partial charge in [-0.15, -0.1) is 11.3 Å². The van der Waals surface area contributed by atoms with Gasteiger partial charge in [0.2, 0.25) is 10.0 Å². The number of H-pyrrole nitrogens is 2. The number of carboxylic acids is 1. The lowest BCUT2D eigenvalue weighted by Gasteiger charge is -2.21. The van der Waals surface area contributed by atoms with Gasteiger partial charge < -0.3 is 32.5 Å². The second kappa shape index (κ2) is 39.0. The molecule has 15 aromatic rings. The Morgan fingerprint density at radius 2 is 0.926 bits per heavy atom. The molecule has 0 fully saturated rings. The second-order valence-corrected chi connectivity index (χ2v) is 32.9. The average molecular weight is 1690 g/mol. The van der Waals surface area contributed by atoms with Gasteiger partial charge in [-0.1, -0.05) is 127 Å². The van der Waals surface area contributed by atoms with Gasteiger partial charge in [0, 0.05) is 31.1 Å². The molecule has 121 heavy (non-hydrogen) atoms. The number of nitriles is 1. The minimum atomic E-state index is -3.34. The summed E-state index contributed by atoms with van der Waals surface area (Å²) in [6, 6.07) is 67.5. The average Bonchev–Trinajstić information content (AvgIpc) is 1.60. The molecule has 0 atom stereocenters. The zero-order chi connectivity index (χ0) is 87.0. The summed E-state index contributed by atoms with van der Waals surface area (Å²) in [7, 11) is -2.02. The number of benzene rings is 10. The molecule has 0 unspecified atom stereocenters. The van der Waals surface area contributed by atoms with E-state index in [1.807, 2.05) is 147 Å². The summed E-state index contributed by atoms with van der Waals surface area (Å²) in [5.74, 6) is -2.67. The van der Waals surface area contributed by atoms with E-state index in [-0.39, 0.29) is 53.4 Å². The highest BCUT2D eigenvalue weighted by Gasteiger charge is 2.34. The predicted octanol–water partition coefficient (Wildman–Crippen LogP) is 15.2. The van der Waals surface area contributed by atoms with Crippen molar-refractivity contribution in [2.24, 2.45) is 0 Å². The summed E-state index contributed by atoms with van der Waals surface area (Å²) in [5, 5.41) is 17.4. The first-order chi connectivity index (χ1) is 57.7. The molecule has 0 radical (unpaired) electrons. The molecule has 1 aliphatic rings. The summed E-state index contributed by atoms with van der Waals surface area (Å²) in [6.07, 6.45) is 1.36. The molecule has 0 bridgehead atoms. The number of esters is 1. The quantitative estimate of drug-likeness (QED) is 0.0444. The number of thiazole rings is 1. The lowest BCUT2D eigenvalue weighted by molar-refractivity contribution is -0.136. The summed E-state index contributed by atoms with van der Waals surface area (Å²) in [6.45, 7) is 12.8. The first-order valence-electron chi connectivity index (χ1n) is 37.9. The van der Waals surface area contributed by atoms with Crippen molar-refractivity contribution in [3.63, 3.8) is 0 Å². The number of methoxy groups -OCH3 is 1. The topological polar surface area (TPSA) is 377 Å². The zero-order valence-corrected chi connectivity index (χ0v) is 69.6. The normalized spacial score (nSPS) is 11.8. The number of Topliss-reactive ketones (excluding diaryl/α,β-unsaturated/α-hetero) is 5. The number of aromatic nitrogens is 5. The fraction of sp³-hybridized carbons (Fsp3) is 0.207. The van der Waals surface area contributed by atoms with Crippen LogP contribution >= 0.6 is 23.6 Å². The van der Waals surface area contributed by atoms with Crippen LogP contribution in [0.1, 0.15) is 126 Å². The van der Waals surface area contributed by atoms with Crippen LogP contribution in [0.2, 0.25) is 0 Å². The van der Waals surface area contributed by atoms with Gasteiger partial charge in [0.15, 0.2) is 26.3 Å². The highest BCUT2D eigenvalue weighted by atomic mass is 32.2. The van der Waals surface area contributed by atoms with Crippen molar-refractivity contribution in [3.05, 3.63) is 337 Å². The van der Waals surface area contributed by atoms with Crippen molar-refractivity contribution in [1.82, 2.24) is 23.7 Å². The van der Waals surface area contributed by atoms with Crippen LogP contribution in [0.5, 0.6) is 0 Å². The Kier molecular flexibility index (Phi) is 28.3. The molecule has 0 saturated carbocycles. The van der Waals surface area contributed by atoms with Crippen LogP contribution in [0.3, 0.4) is 0 Å². The number of nitrogens with zero attached hydrogens (tertiary/aromatic N) is 5. The van der Waals surface area contributed by atoms with Crippen LogP contribution in [-0.4, -0.2) is 85.2 Å². The molecule has 1 aliphatic heterocycles. The monoisotopic (exact) mass is 1690 g/mol. The Labute approximate surface area is 701 Å². The summed E-state index contributed by atoms with van der Waals surface area (Å²) in [5.41, 5.74) is 16.2. The van der Waals surface area contributed by atoms with E-state index in [1.165, 1.54) is 52.7 Å². The third-order valence-electron chi connectivity index (χ3n) is 19.4. The summed E-state index contributed by atoms with van der Waals surface area (Å²) < 4.78 is 58.0. The molecule has 26 nitrogen and oxygen atoms in total. The number of sulfonamides is 1. The van der Waals surface area contributed by atoms with E-state index in [0.717, 1.165) is 76.9 Å². The molecule has 16 rings (SSSR count). The van der Waals surface area contributed by atoms with Gasteiger partial charge in [-0.2, -0.15) is 5.26 Å². The van der Waals surface area contributed by atoms with Gasteiger partial charge in [-0.3, -0.25) is 51.8 Å². The van der Waals surface area contributed by atoms with E-state index in [0.29, 0.717) is 105 Å². The number of fused-ring (bicyclic) bond motifs is 6. The lowest BCUT2D eigenvalue weighted by Crippen LogP contribution is -2.26. The van der Waals surface area contributed by atoms with Crippen LogP contribution in [0.4, 0.5) is 5.69 Å². The number of hydrogen-bond acceptors (Lipinski definition) is 21.